The summed E-state index contributed by atoms with van der Waals surface area (Å²) in [4.78, 5) is 14.4. The van der Waals surface area contributed by atoms with Gasteiger partial charge in [0.2, 0.25) is 0 Å². The van der Waals surface area contributed by atoms with Gasteiger partial charge in [0.05, 0.1) is 30.8 Å². The quantitative estimate of drug-likeness (QED) is 0.820. The molecule has 1 atom stereocenters. The van der Waals surface area contributed by atoms with Gasteiger partial charge >= 0.3 is 0 Å². The largest absolute Gasteiger partial charge is 0.493 e. The highest BCUT2D eigenvalue weighted by Gasteiger charge is 2.26. The van der Waals surface area contributed by atoms with Crippen LogP contribution in [0.3, 0.4) is 0 Å². The van der Waals surface area contributed by atoms with E-state index >= 15 is 0 Å². The van der Waals surface area contributed by atoms with E-state index in [0.29, 0.717) is 48.4 Å². The maximum absolute atomic E-state index is 12.7. The zero-order valence-electron chi connectivity index (χ0n) is 14.0. The number of ether oxygens (including phenoxy) is 3. The Morgan fingerprint density at radius 1 is 1.20 bits per heavy atom. The fraction of sp³-hybridized carbons (Fsp3) is 0.316. The summed E-state index contributed by atoms with van der Waals surface area (Å²) < 4.78 is 16.8. The number of methoxy groups -OCH3 is 1. The van der Waals surface area contributed by atoms with Crippen LogP contribution in [0.25, 0.3) is 0 Å². The Bertz CT molecular complexity index is 737. The third-order valence-corrected chi connectivity index (χ3v) is 4.35. The maximum atomic E-state index is 12.7. The van der Waals surface area contributed by atoms with Gasteiger partial charge in [-0.2, -0.15) is 0 Å². The monoisotopic (exact) mass is 361 g/mol. The topological polar surface area (TPSA) is 48.0 Å². The molecule has 1 aliphatic heterocycles. The number of benzene rings is 2. The molecular formula is C19H20ClNO4. The summed E-state index contributed by atoms with van der Waals surface area (Å²) in [6, 6.07) is 14.5. The molecular weight excluding hydrogens is 342 g/mol. The van der Waals surface area contributed by atoms with Crippen molar-refractivity contribution in [3.8, 4) is 11.5 Å². The molecule has 1 amide bonds. The molecule has 25 heavy (non-hydrogen) atoms. The summed E-state index contributed by atoms with van der Waals surface area (Å²) in [6.07, 6.45) is -0.204. The van der Waals surface area contributed by atoms with Crippen molar-refractivity contribution in [3.05, 3.63) is 59.1 Å². The van der Waals surface area contributed by atoms with E-state index < -0.39 is 0 Å². The van der Waals surface area contributed by atoms with Crippen LogP contribution in [0.2, 0.25) is 5.02 Å². The molecule has 132 valence electrons. The minimum atomic E-state index is -0.204. The van der Waals surface area contributed by atoms with Crippen LogP contribution in [0.1, 0.15) is 10.4 Å². The first-order valence-corrected chi connectivity index (χ1v) is 8.48. The molecule has 3 rings (SSSR count). The van der Waals surface area contributed by atoms with Gasteiger partial charge in [0, 0.05) is 6.54 Å². The van der Waals surface area contributed by atoms with E-state index in [1.54, 1.807) is 24.1 Å². The normalized spacial score (nSPS) is 17.2. The molecule has 5 nitrogen and oxygen atoms in total. The van der Waals surface area contributed by atoms with Crippen molar-refractivity contribution in [2.75, 3.05) is 33.4 Å². The smallest absolute Gasteiger partial charge is 0.255 e. The molecule has 1 aliphatic rings. The van der Waals surface area contributed by atoms with Crippen LogP contribution in [0.5, 0.6) is 11.5 Å². The second-order valence-corrected chi connectivity index (χ2v) is 6.09. The number of rotatable bonds is 5. The maximum Gasteiger partial charge on any atom is 0.255 e. The first-order valence-electron chi connectivity index (χ1n) is 8.10. The lowest BCUT2D eigenvalue weighted by Crippen LogP contribution is -2.47. The molecule has 1 fully saturated rings. The van der Waals surface area contributed by atoms with Gasteiger partial charge in [-0.3, -0.25) is 4.79 Å². The lowest BCUT2D eigenvalue weighted by Gasteiger charge is -2.33. The molecule has 0 bridgehead atoms. The van der Waals surface area contributed by atoms with Crippen LogP contribution in [-0.4, -0.2) is 50.3 Å². The molecule has 0 saturated carbocycles. The molecule has 1 saturated heterocycles. The van der Waals surface area contributed by atoms with Crippen molar-refractivity contribution in [1.29, 1.82) is 0 Å². The van der Waals surface area contributed by atoms with Crippen LogP contribution in [0.4, 0.5) is 0 Å². The molecule has 6 heteroatoms. The van der Waals surface area contributed by atoms with Gasteiger partial charge in [0.1, 0.15) is 12.7 Å². The van der Waals surface area contributed by atoms with E-state index in [0.717, 1.165) is 0 Å². The Hall–Kier alpha value is -2.24. The summed E-state index contributed by atoms with van der Waals surface area (Å²) in [7, 11) is 1.60. The SMILES string of the molecule is COc1ccccc1OCC1CN(C(=O)c2ccccc2Cl)CCO1. The Morgan fingerprint density at radius 3 is 2.68 bits per heavy atom. The van der Waals surface area contributed by atoms with E-state index in [4.69, 9.17) is 25.8 Å². The third kappa shape index (κ3) is 4.24. The minimum absolute atomic E-state index is 0.0869. The third-order valence-electron chi connectivity index (χ3n) is 4.02. The minimum Gasteiger partial charge on any atom is -0.493 e. The summed E-state index contributed by atoms with van der Waals surface area (Å²) >= 11 is 6.13. The Balaban J connectivity index is 1.61. The first-order chi connectivity index (χ1) is 12.2. The molecule has 0 aliphatic carbocycles. The fourth-order valence-electron chi connectivity index (χ4n) is 2.73. The Kier molecular flexibility index (Phi) is 5.79. The molecule has 0 aromatic heterocycles. The summed E-state index contributed by atoms with van der Waals surface area (Å²) in [5.41, 5.74) is 0.510. The standard InChI is InChI=1S/C19H20ClNO4/c1-23-17-8-4-5-9-18(17)25-13-14-12-21(10-11-24-14)19(22)15-6-2-3-7-16(15)20/h2-9,14H,10-13H2,1H3. The van der Waals surface area contributed by atoms with E-state index in [2.05, 4.69) is 0 Å². The van der Waals surface area contributed by atoms with Crippen molar-refractivity contribution in [2.24, 2.45) is 0 Å². The Labute approximate surface area is 152 Å². The zero-order valence-corrected chi connectivity index (χ0v) is 14.7. The first kappa shape index (κ1) is 17.6. The van der Waals surface area contributed by atoms with Gasteiger partial charge in [0.15, 0.2) is 11.5 Å². The average Bonchev–Trinajstić information content (AvgIpc) is 2.66. The van der Waals surface area contributed by atoms with Gasteiger partial charge < -0.3 is 19.1 Å². The zero-order chi connectivity index (χ0) is 17.6. The van der Waals surface area contributed by atoms with Gasteiger partial charge in [-0.25, -0.2) is 0 Å². The predicted octanol–water partition coefficient (Wildman–Crippen LogP) is 3.27. The highest BCUT2D eigenvalue weighted by molar-refractivity contribution is 6.33. The van der Waals surface area contributed by atoms with Crippen LogP contribution in [0.15, 0.2) is 48.5 Å². The molecule has 2 aromatic rings. The van der Waals surface area contributed by atoms with Crippen molar-refractivity contribution < 1.29 is 19.0 Å². The highest BCUT2D eigenvalue weighted by atomic mass is 35.5. The number of para-hydroxylation sites is 2. The molecule has 1 heterocycles. The number of nitrogens with zero attached hydrogens (tertiary/aromatic N) is 1. The summed E-state index contributed by atoms with van der Waals surface area (Å²) in [6.45, 7) is 1.80. The van der Waals surface area contributed by atoms with E-state index in [-0.39, 0.29) is 12.0 Å². The van der Waals surface area contributed by atoms with Crippen molar-refractivity contribution >= 4 is 17.5 Å². The van der Waals surface area contributed by atoms with Crippen molar-refractivity contribution in [3.63, 3.8) is 0 Å². The highest BCUT2D eigenvalue weighted by Crippen LogP contribution is 2.26. The summed E-state index contributed by atoms with van der Waals surface area (Å²) in [5, 5.41) is 0.459. The number of amides is 1. The van der Waals surface area contributed by atoms with Crippen molar-refractivity contribution in [1.82, 2.24) is 4.90 Å². The Morgan fingerprint density at radius 2 is 1.92 bits per heavy atom. The van der Waals surface area contributed by atoms with E-state index in [1.807, 2.05) is 36.4 Å². The number of carbonyl (C=O) groups is 1. The molecule has 1 unspecified atom stereocenters. The van der Waals surface area contributed by atoms with Gasteiger partial charge in [-0.05, 0) is 24.3 Å². The number of morpholine rings is 1. The van der Waals surface area contributed by atoms with Gasteiger partial charge in [0.25, 0.3) is 5.91 Å². The van der Waals surface area contributed by atoms with Crippen molar-refractivity contribution in [2.45, 2.75) is 6.10 Å². The van der Waals surface area contributed by atoms with E-state index in [9.17, 15) is 4.79 Å². The predicted molar refractivity (Wildman–Crippen MR) is 95.6 cm³/mol. The second-order valence-electron chi connectivity index (χ2n) is 5.69. The number of hydrogen-bond acceptors (Lipinski definition) is 4. The van der Waals surface area contributed by atoms with Gasteiger partial charge in [-0.15, -0.1) is 0 Å². The summed E-state index contributed by atoms with van der Waals surface area (Å²) in [5.74, 6) is 1.24. The molecule has 0 N–H and O–H groups in total. The number of halogens is 1. The lowest BCUT2D eigenvalue weighted by molar-refractivity contribution is -0.0403. The fourth-order valence-corrected chi connectivity index (χ4v) is 2.95. The lowest BCUT2D eigenvalue weighted by atomic mass is 10.1. The van der Waals surface area contributed by atoms with E-state index in [1.165, 1.54) is 0 Å². The molecule has 2 aromatic carbocycles. The molecule has 0 spiro atoms. The van der Waals surface area contributed by atoms with Crippen LogP contribution >= 0.6 is 11.6 Å². The number of hydrogen-bond donors (Lipinski definition) is 0. The number of carbonyl (C=O) groups excluding carboxylic acids is 1. The second kappa shape index (κ2) is 8.23. The van der Waals surface area contributed by atoms with Gasteiger partial charge in [-0.1, -0.05) is 35.9 Å². The van der Waals surface area contributed by atoms with Crippen LogP contribution in [0, 0.1) is 0 Å². The van der Waals surface area contributed by atoms with Crippen LogP contribution < -0.4 is 9.47 Å². The molecule has 0 radical (unpaired) electrons. The van der Waals surface area contributed by atoms with Crippen LogP contribution in [-0.2, 0) is 4.74 Å². The average molecular weight is 362 g/mol.